The van der Waals surface area contributed by atoms with E-state index in [0.29, 0.717) is 5.95 Å². The van der Waals surface area contributed by atoms with Crippen LogP contribution in [0.15, 0.2) is 6.20 Å². The second-order valence-electron chi connectivity index (χ2n) is 3.75. The van der Waals surface area contributed by atoms with Crippen LogP contribution in [-0.4, -0.2) is 9.97 Å². The highest BCUT2D eigenvalue weighted by molar-refractivity contribution is 5.34. The fourth-order valence-corrected chi connectivity index (χ4v) is 1.80. The molecule has 0 unspecified atom stereocenters. The molecule has 2 rings (SSSR count). The van der Waals surface area contributed by atoms with Gasteiger partial charge in [0.25, 0.3) is 0 Å². The summed E-state index contributed by atoms with van der Waals surface area (Å²) in [5.41, 5.74) is 2.32. The van der Waals surface area contributed by atoms with E-state index in [1.807, 2.05) is 12.4 Å². The van der Waals surface area contributed by atoms with E-state index in [9.17, 15) is 0 Å². The van der Waals surface area contributed by atoms with Gasteiger partial charge in [-0.2, -0.15) is 5.26 Å². The number of hydrogen-bond acceptors (Lipinski definition) is 4. The fraction of sp³-hybridized carbons (Fsp3) is 0.500. The van der Waals surface area contributed by atoms with Crippen LogP contribution in [0.2, 0.25) is 0 Å². The lowest BCUT2D eigenvalue weighted by Gasteiger charge is -2.19. The van der Waals surface area contributed by atoms with E-state index in [-0.39, 0.29) is 0 Å². The molecule has 1 atom stereocenters. The Bertz CT molecular complexity index is 380. The first-order valence-electron chi connectivity index (χ1n) is 4.79. The first-order chi connectivity index (χ1) is 6.79. The SMILES string of the molecule is C[C@@H]1CCc2nc(NC#N)ncc2C1. The van der Waals surface area contributed by atoms with Crippen molar-refractivity contribution >= 4 is 5.95 Å². The Morgan fingerprint density at radius 1 is 1.64 bits per heavy atom. The van der Waals surface area contributed by atoms with Crippen LogP contribution in [0, 0.1) is 17.4 Å². The van der Waals surface area contributed by atoms with Crippen LogP contribution in [0.4, 0.5) is 5.95 Å². The molecule has 14 heavy (non-hydrogen) atoms. The van der Waals surface area contributed by atoms with Gasteiger partial charge in [0.1, 0.15) is 0 Å². The molecule has 4 heteroatoms. The third-order valence-electron chi connectivity index (χ3n) is 2.56. The Kier molecular flexibility index (Phi) is 2.32. The van der Waals surface area contributed by atoms with Crippen molar-refractivity contribution in [1.29, 1.82) is 5.26 Å². The van der Waals surface area contributed by atoms with Gasteiger partial charge in [-0.1, -0.05) is 6.92 Å². The summed E-state index contributed by atoms with van der Waals surface area (Å²) < 4.78 is 0. The van der Waals surface area contributed by atoms with E-state index in [4.69, 9.17) is 5.26 Å². The molecule has 1 aliphatic rings. The van der Waals surface area contributed by atoms with Gasteiger partial charge in [0.2, 0.25) is 5.95 Å². The molecule has 4 nitrogen and oxygen atoms in total. The van der Waals surface area contributed by atoms with Gasteiger partial charge in [-0.3, -0.25) is 5.32 Å². The topological polar surface area (TPSA) is 61.6 Å². The van der Waals surface area contributed by atoms with E-state index < -0.39 is 0 Å². The smallest absolute Gasteiger partial charge is 0.236 e. The van der Waals surface area contributed by atoms with Crippen molar-refractivity contribution in [2.45, 2.75) is 26.2 Å². The lowest BCUT2D eigenvalue weighted by molar-refractivity contribution is 0.492. The molecule has 0 aromatic carbocycles. The van der Waals surface area contributed by atoms with Crippen molar-refractivity contribution in [3.8, 4) is 6.19 Å². The van der Waals surface area contributed by atoms with Crippen LogP contribution in [0.25, 0.3) is 0 Å². The number of hydrogen-bond donors (Lipinski definition) is 1. The molecule has 0 aliphatic heterocycles. The molecule has 0 bridgehead atoms. The van der Waals surface area contributed by atoms with E-state index in [0.717, 1.165) is 24.5 Å². The van der Waals surface area contributed by atoms with Gasteiger partial charge in [-0.25, -0.2) is 9.97 Å². The molecule has 0 fully saturated rings. The first kappa shape index (κ1) is 8.95. The summed E-state index contributed by atoms with van der Waals surface area (Å²) in [6, 6.07) is 0. The third-order valence-corrected chi connectivity index (χ3v) is 2.56. The van der Waals surface area contributed by atoms with Gasteiger partial charge in [-0.05, 0) is 30.7 Å². The van der Waals surface area contributed by atoms with Crippen molar-refractivity contribution in [1.82, 2.24) is 9.97 Å². The van der Waals surface area contributed by atoms with Gasteiger partial charge < -0.3 is 0 Å². The molecule has 1 aromatic rings. The lowest BCUT2D eigenvalue weighted by atomic mass is 9.89. The number of aromatic nitrogens is 2. The minimum absolute atomic E-state index is 0.417. The van der Waals surface area contributed by atoms with Crippen molar-refractivity contribution < 1.29 is 0 Å². The number of nitrogens with zero attached hydrogens (tertiary/aromatic N) is 3. The van der Waals surface area contributed by atoms with E-state index in [2.05, 4.69) is 22.2 Å². The normalized spacial score (nSPS) is 19.6. The molecule has 1 N–H and O–H groups in total. The number of anilines is 1. The molecule has 1 aliphatic carbocycles. The minimum atomic E-state index is 0.417. The summed E-state index contributed by atoms with van der Waals surface area (Å²) in [5, 5.41) is 10.9. The van der Waals surface area contributed by atoms with Crippen molar-refractivity contribution in [3.05, 3.63) is 17.5 Å². The zero-order valence-corrected chi connectivity index (χ0v) is 8.12. The Hall–Kier alpha value is -1.63. The second kappa shape index (κ2) is 3.62. The summed E-state index contributed by atoms with van der Waals surface area (Å²) in [4.78, 5) is 8.36. The highest BCUT2D eigenvalue weighted by Crippen LogP contribution is 2.23. The van der Waals surface area contributed by atoms with E-state index >= 15 is 0 Å². The molecule has 0 spiro atoms. The molecular weight excluding hydrogens is 176 g/mol. The summed E-state index contributed by atoms with van der Waals surface area (Å²) in [6.07, 6.45) is 6.89. The number of fused-ring (bicyclic) bond motifs is 1. The van der Waals surface area contributed by atoms with Crippen LogP contribution in [0.1, 0.15) is 24.6 Å². The predicted molar refractivity (Wildman–Crippen MR) is 52.5 cm³/mol. The quantitative estimate of drug-likeness (QED) is 0.536. The fourth-order valence-electron chi connectivity index (χ4n) is 1.80. The number of rotatable bonds is 1. The maximum Gasteiger partial charge on any atom is 0.236 e. The van der Waals surface area contributed by atoms with Crippen molar-refractivity contribution in [2.75, 3.05) is 5.32 Å². The Morgan fingerprint density at radius 3 is 3.29 bits per heavy atom. The van der Waals surface area contributed by atoms with E-state index in [1.54, 1.807) is 0 Å². The molecule has 0 saturated heterocycles. The Morgan fingerprint density at radius 2 is 2.50 bits per heavy atom. The van der Waals surface area contributed by atoms with Crippen LogP contribution in [0.3, 0.4) is 0 Å². The van der Waals surface area contributed by atoms with Crippen molar-refractivity contribution in [2.24, 2.45) is 5.92 Å². The first-order valence-corrected chi connectivity index (χ1v) is 4.79. The predicted octanol–water partition coefficient (Wildman–Crippen LogP) is 1.49. The van der Waals surface area contributed by atoms with Gasteiger partial charge in [0.05, 0.1) is 0 Å². The molecule has 72 valence electrons. The summed E-state index contributed by atoms with van der Waals surface area (Å²) in [6.45, 7) is 2.24. The molecule has 1 aromatic heterocycles. The average molecular weight is 188 g/mol. The largest absolute Gasteiger partial charge is 0.261 e. The van der Waals surface area contributed by atoms with Crippen LogP contribution < -0.4 is 5.32 Å². The van der Waals surface area contributed by atoms with Gasteiger partial charge in [-0.15, -0.1) is 0 Å². The molecular formula is C10H12N4. The van der Waals surface area contributed by atoms with Crippen LogP contribution >= 0.6 is 0 Å². The van der Waals surface area contributed by atoms with Crippen LogP contribution in [-0.2, 0) is 12.8 Å². The highest BCUT2D eigenvalue weighted by atomic mass is 15.1. The number of aryl methyl sites for hydroxylation is 1. The van der Waals surface area contributed by atoms with Gasteiger partial charge in [0.15, 0.2) is 6.19 Å². The zero-order valence-electron chi connectivity index (χ0n) is 8.12. The molecule has 1 heterocycles. The Balaban J connectivity index is 2.28. The second-order valence-corrected chi connectivity index (χ2v) is 3.75. The monoisotopic (exact) mass is 188 g/mol. The summed E-state index contributed by atoms with van der Waals surface area (Å²) >= 11 is 0. The maximum absolute atomic E-state index is 8.42. The zero-order chi connectivity index (χ0) is 9.97. The maximum atomic E-state index is 8.42. The summed E-state index contributed by atoms with van der Waals surface area (Å²) in [7, 11) is 0. The Labute approximate surface area is 83.0 Å². The summed E-state index contributed by atoms with van der Waals surface area (Å²) in [5.74, 6) is 1.14. The third kappa shape index (κ3) is 1.67. The van der Waals surface area contributed by atoms with Gasteiger partial charge >= 0.3 is 0 Å². The lowest BCUT2D eigenvalue weighted by Crippen LogP contribution is -2.14. The van der Waals surface area contributed by atoms with Crippen LogP contribution in [0.5, 0.6) is 0 Å². The molecule has 0 radical (unpaired) electrons. The van der Waals surface area contributed by atoms with Gasteiger partial charge in [0, 0.05) is 11.9 Å². The standard InChI is InChI=1S/C10H12N4/c1-7-2-3-9-8(4-7)5-12-10(14-9)13-6-11/h5,7H,2-4H2,1H3,(H,12,13,14)/t7-/m1/s1. The molecule has 0 saturated carbocycles. The van der Waals surface area contributed by atoms with E-state index in [1.165, 1.54) is 12.0 Å². The average Bonchev–Trinajstić information content (AvgIpc) is 2.19. The van der Waals surface area contributed by atoms with Crippen molar-refractivity contribution in [3.63, 3.8) is 0 Å². The molecule has 0 amide bonds. The number of nitrogens with one attached hydrogen (secondary N) is 1. The minimum Gasteiger partial charge on any atom is -0.261 e. The highest BCUT2D eigenvalue weighted by Gasteiger charge is 2.16. The number of nitriles is 1.